The number of benzene rings is 3. The summed E-state index contributed by atoms with van der Waals surface area (Å²) < 4.78 is 59.2. The van der Waals surface area contributed by atoms with Crippen LogP contribution in [0, 0.1) is 5.82 Å². The number of ketones is 1. The van der Waals surface area contributed by atoms with E-state index in [0.29, 0.717) is 6.42 Å². The monoisotopic (exact) mass is 783 g/mol. The standard InChI is InChI=1S/C40H50FN3O12/c1-40(2,3)56-39(48)44-18-10-11-29(27(21-44)42-37(46)26-19-31(51-8)36(54-23-50-7)32(20-26)52-9)55-38(47)25-14-12-24(13-15-25)35(45)33-30(53-22-49-6)17-16-28(34(33)41)43(4)5/h12-17,19-20,27,29H,10-11,18,21-23H2,1-9H3,(H,42,46)/t27-,29-/m1/s1. The van der Waals surface area contributed by atoms with E-state index in [2.05, 4.69) is 5.32 Å². The minimum atomic E-state index is -0.892. The first-order valence-corrected chi connectivity index (χ1v) is 17.8. The smallest absolute Gasteiger partial charge is 0.410 e. The van der Waals surface area contributed by atoms with Gasteiger partial charge in [0.25, 0.3) is 5.91 Å². The number of nitrogens with one attached hydrogen (secondary N) is 1. The lowest BCUT2D eigenvalue weighted by molar-refractivity contribution is 0.0127. The minimum Gasteiger partial charge on any atom is -0.493 e. The van der Waals surface area contributed by atoms with Crippen molar-refractivity contribution in [2.75, 3.05) is 74.1 Å². The first-order valence-electron chi connectivity index (χ1n) is 17.8. The third kappa shape index (κ3) is 10.8. The molecule has 1 heterocycles. The van der Waals surface area contributed by atoms with Crippen molar-refractivity contribution in [3.05, 3.63) is 76.6 Å². The van der Waals surface area contributed by atoms with Gasteiger partial charge in [-0.15, -0.1) is 0 Å². The summed E-state index contributed by atoms with van der Waals surface area (Å²) >= 11 is 0. The second-order valence-corrected chi connectivity index (χ2v) is 14.0. The Morgan fingerprint density at radius 2 is 1.45 bits per heavy atom. The summed E-state index contributed by atoms with van der Waals surface area (Å²) in [6, 6.07) is 10.6. The molecule has 0 radical (unpaired) electrons. The lowest BCUT2D eigenvalue weighted by atomic mass is 9.99. The molecular weight excluding hydrogens is 733 g/mol. The van der Waals surface area contributed by atoms with Gasteiger partial charge in [0.15, 0.2) is 36.7 Å². The molecule has 3 aromatic carbocycles. The molecule has 0 aliphatic carbocycles. The number of hydrogen-bond acceptors (Lipinski definition) is 13. The van der Waals surface area contributed by atoms with Crippen LogP contribution in [0.3, 0.4) is 0 Å². The van der Waals surface area contributed by atoms with E-state index < -0.39 is 47.3 Å². The van der Waals surface area contributed by atoms with Gasteiger partial charge in [-0.3, -0.25) is 9.59 Å². The van der Waals surface area contributed by atoms with Crippen LogP contribution in [0.2, 0.25) is 0 Å². The Kier molecular flexibility index (Phi) is 14.9. The van der Waals surface area contributed by atoms with Gasteiger partial charge >= 0.3 is 12.1 Å². The summed E-state index contributed by atoms with van der Waals surface area (Å²) in [6.07, 6.45) is -0.767. The number of amides is 2. The quantitative estimate of drug-likeness (QED) is 0.118. The maximum atomic E-state index is 15.6. The van der Waals surface area contributed by atoms with E-state index in [1.807, 2.05) is 0 Å². The van der Waals surface area contributed by atoms with E-state index in [-0.39, 0.29) is 84.0 Å². The van der Waals surface area contributed by atoms with Crippen molar-refractivity contribution in [2.24, 2.45) is 0 Å². The minimum absolute atomic E-state index is 0.00225. The zero-order valence-corrected chi connectivity index (χ0v) is 33.2. The number of ether oxygens (including phenoxy) is 8. The maximum absolute atomic E-state index is 15.6. The number of esters is 1. The van der Waals surface area contributed by atoms with Crippen molar-refractivity contribution in [1.82, 2.24) is 10.2 Å². The second kappa shape index (κ2) is 19.3. The normalized spacial score (nSPS) is 15.6. The molecule has 0 unspecified atom stereocenters. The highest BCUT2D eigenvalue weighted by molar-refractivity contribution is 6.11. The largest absolute Gasteiger partial charge is 0.493 e. The third-order valence-corrected chi connectivity index (χ3v) is 8.56. The molecule has 56 heavy (non-hydrogen) atoms. The van der Waals surface area contributed by atoms with Crippen molar-refractivity contribution >= 4 is 29.4 Å². The molecule has 304 valence electrons. The molecule has 1 aliphatic heterocycles. The van der Waals surface area contributed by atoms with Crippen molar-refractivity contribution in [2.45, 2.75) is 51.4 Å². The molecular formula is C40H50FN3O12. The van der Waals surface area contributed by atoms with Crippen molar-refractivity contribution in [3.8, 4) is 23.0 Å². The second-order valence-electron chi connectivity index (χ2n) is 14.0. The average Bonchev–Trinajstić information content (AvgIpc) is 3.36. The topological polar surface area (TPSA) is 161 Å². The highest BCUT2D eigenvalue weighted by Crippen LogP contribution is 2.39. The molecule has 0 spiro atoms. The number of carbonyl (C=O) groups is 4. The van der Waals surface area contributed by atoms with Gasteiger partial charge < -0.3 is 53.0 Å². The Morgan fingerprint density at radius 1 is 0.839 bits per heavy atom. The lowest BCUT2D eigenvalue weighted by Gasteiger charge is -2.30. The summed E-state index contributed by atoms with van der Waals surface area (Å²) in [5.41, 5.74) is -0.552. The van der Waals surface area contributed by atoms with E-state index >= 15 is 4.39 Å². The van der Waals surface area contributed by atoms with E-state index in [4.69, 9.17) is 37.9 Å². The predicted molar refractivity (Wildman–Crippen MR) is 203 cm³/mol. The molecule has 0 saturated carbocycles. The number of rotatable bonds is 15. The molecule has 4 rings (SSSR count). The Labute approximate surface area is 325 Å². The molecule has 1 saturated heterocycles. The van der Waals surface area contributed by atoms with Crippen LogP contribution in [0.1, 0.15) is 70.3 Å². The average molecular weight is 784 g/mol. The summed E-state index contributed by atoms with van der Waals surface area (Å²) in [5, 5.41) is 2.93. The molecule has 0 bridgehead atoms. The van der Waals surface area contributed by atoms with Gasteiger partial charge in [-0.05, 0) is 70.0 Å². The van der Waals surface area contributed by atoms with Crippen LogP contribution >= 0.6 is 0 Å². The Balaban J connectivity index is 1.61. The Bertz CT molecular complexity index is 1840. The predicted octanol–water partition coefficient (Wildman–Crippen LogP) is 5.46. The van der Waals surface area contributed by atoms with Gasteiger partial charge in [0.2, 0.25) is 5.75 Å². The van der Waals surface area contributed by atoms with Gasteiger partial charge in [0.1, 0.15) is 23.0 Å². The fourth-order valence-corrected chi connectivity index (χ4v) is 5.88. The van der Waals surface area contributed by atoms with Gasteiger partial charge in [0, 0.05) is 52.5 Å². The molecule has 1 aliphatic rings. The van der Waals surface area contributed by atoms with Crippen LogP contribution in [-0.4, -0.2) is 116 Å². The van der Waals surface area contributed by atoms with Crippen molar-refractivity contribution in [1.29, 1.82) is 0 Å². The summed E-state index contributed by atoms with van der Waals surface area (Å²) in [6.45, 7) is 5.18. The number of anilines is 1. The molecule has 1 fully saturated rings. The third-order valence-electron chi connectivity index (χ3n) is 8.56. The van der Waals surface area contributed by atoms with Gasteiger partial charge in [0.05, 0.1) is 31.5 Å². The number of halogens is 1. The number of hydrogen-bond donors (Lipinski definition) is 1. The number of methoxy groups -OCH3 is 4. The van der Waals surface area contributed by atoms with E-state index in [1.54, 1.807) is 34.9 Å². The number of nitrogens with zero attached hydrogens (tertiary/aromatic N) is 2. The van der Waals surface area contributed by atoms with Crippen LogP contribution in [0.4, 0.5) is 14.9 Å². The van der Waals surface area contributed by atoms with E-state index in [1.165, 1.54) is 86.8 Å². The molecule has 15 nitrogen and oxygen atoms in total. The molecule has 1 N–H and O–H groups in total. The van der Waals surface area contributed by atoms with Crippen LogP contribution in [-0.2, 0) is 18.9 Å². The first kappa shape index (κ1) is 43.1. The van der Waals surface area contributed by atoms with E-state index in [9.17, 15) is 19.2 Å². The SMILES string of the molecule is COCOc1ccc(N(C)C)c(F)c1C(=O)c1ccc(C(=O)O[C@@H]2CCCN(C(=O)OC(C)(C)C)C[C@H]2NC(=O)c2cc(OC)c(OCOC)c(OC)c2)cc1. The highest BCUT2D eigenvalue weighted by atomic mass is 19.1. The van der Waals surface area contributed by atoms with Crippen LogP contribution in [0.25, 0.3) is 0 Å². The highest BCUT2D eigenvalue weighted by Gasteiger charge is 2.35. The zero-order chi connectivity index (χ0) is 41.2. The molecule has 16 heteroatoms. The van der Waals surface area contributed by atoms with Crippen LogP contribution in [0.15, 0.2) is 48.5 Å². The van der Waals surface area contributed by atoms with Crippen molar-refractivity contribution < 1.29 is 61.5 Å². The van der Waals surface area contributed by atoms with Crippen LogP contribution in [0.5, 0.6) is 23.0 Å². The number of likely N-dealkylation sites (tertiary alicyclic amines) is 1. The first-order chi connectivity index (χ1) is 26.6. The fourth-order valence-electron chi connectivity index (χ4n) is 5.88. The zero-order valence-electron chi connectivity index (χ0n) is 33.2. The van der Waals surface area contributed by atoms with Gasteiger partial charge in [-0.2, -0.15) is 0 Å². The molecule has 2 amide bonds. The molecule has 2 atom stereocenters. The van der Waals surface area contributed by atoms with Crippen LogP contribution < -0.4 is 29.2 Å². The molecule has 3 aromatic rings. The maximum Gasteiger partial charge on any atom is 0.410 e. The van der Waals surface area contributed by atoms with Crippen molar-refractivity contribution in [3.63, 3.8) is 0 Å². The Hall–Kier alpha value is -5.61. The Morgan fingerprint density at radius 3 is 2.02 bits per heavy atom. The number of carbonyl (C=O) groups excluding carboxylic acids is 4. The van der Waals surface area contributed by atoms with Gasteiger partial charge in [-0.1, -0.05) is 12.1 Å². The summed E-state index contributed by atoms with van der Waals surface area (Å²) in [7, 11) is 8.97. The van der Waals surface area contributed by atoms with Gasteiger partial charge in [-0.25, -0.2) is 14.0 Å². The summed E-state index contributed by atoms with van der Waals surface area (Å²) in [4.78, 5) is 57.3. The lowest BCUT2D eigenvalue weighted by Crippen LogP contribution is -2.51. The summed E-state index contributed by atoms with van der Waals surface area (Å²) in [5.74, 6) is -2.11. The fraction of sp³-hybridized carbons (Fsp3) is 0.450. The molecule has 0 aromatic heterocycles. The van der Waals surface area contributed by atoms with E-state index in [0.717, 1.165) is 0 Å².